The minimum atomic E-state index is 0.0834. The van der Waals surface area contributed by atoms with Gasteiger partial charge in [0.2, 0.25) is 0 Å². The molecule has 3 N–H and O–H groups in total. The molecule has 1 aliphatic heterocycles. The van der Waals surface area contributed by atoms with E-state index in [9.17, 15) is 0 Å². The molecule has 20 heavy (non-hydrogen) atoms. The van der Waals surface area contributed by atoms with Crippen LogP contribution < -0.4 is 11.3 Å². The molecule has 0 spiro atoms. The van der Waals surface area contributed by atoms with Gasteiger partial charge in [0.15, 0.2) is 0 Å². The van der Waals surface area contributed by atoms with Gasteiger partial charge in [0.25, 0.3) is 0 Å². The SMILES string of the molecule is Cc1ccc(CC(NN)C(C)(C)N2CCCCC2)cc1. The van der Waals surface area contributed by atoms with Gasteiger partial charge in [0.05, 0.1) is 0 Å². The number of hydrogen-bond acceptors (Lipinski definition) is 3. The monoisotopic (exact) mass is 275 g/mol. The van der Waals surface area contributed by atoms with Crippen molar-refractivity contribution in [1.82, 2.24) is 10.3 Å². The first kappa shape index (κ1) is 15.5. The van der Waals surface area contributed by atoms with E-state index in [-0.39, 0.29) is 11.6 Å². The molecule has 3 heteroatoms. The lowest BCUT2D eigenvalue weighted by molar-refractivity contribution is 0.0611. The third-order valence-corrected chi connectivity index (χ3v) is 4.79. The summed E-state index contributed by atoms with van der Waals surface area (Å²) in [4.78, 5) is 2.59. The minimum absolute atomic E-state index is 0.0834. The molecule has 0 aliphatic carbocycles. The molecular weight excluding hydrogens is 246 g/mol. The second-order valence-corrected chi connectivity index (χ2v) is 6.61. The van der Waals surface area contributed by atoms with E-state index in [1.807, 2.05) is 0 Å². The second kappa shape index (κ2) is 6.70. The number of hydrazine groups is 1. The molecule has 0 aromatic heterocycles. The molecule has 3 nitrogen and oxygen atoms in total. The molecule has 112 valence electrons. The maximum atomic E-state index is 5.87. The van der Waals surface area contributed by atoms with Gasteiger partial charge in [0, 0.05) is 11.6 Å². The lowest BCUT2D eigenvalue weighted by Crippen LogP contribution is -2.61. The molecule has 1 saturated heterocycles. The number of hydrogen-bond donors (Lipinski definition) is 2. The van der Waals surface area contributed by atoms with Crippen LogP contribution in [0.2, 0.25) is 0 Å². The number of piperidine rings is 1. The van der Waals surface area contributed by atoms with E-state index in [0.29, 0.717) is 0 Å². The van der Waals surface area contributed by atoms with Crippen molar-refractivity contribution in [3.8, 4) is 0 Å². The van der Waals surface area contributed by atoms with Gasteiger partial charge in [0.1, 0.15) is 0 Å². The zero-order valence-corrected chi connectivity index (χ0v) is 13.2. The predicted octanol–water partition coefficient (Wildman–Crippen LogP) is 2.63. The first-order valence-electron chi connectivity index (χ1n) is 7.81. The molecule has 1 unspecified atom stereocenters. The molecule has 2 rings (SSSR count). The molecular formula is C17H29N3. The summed E-state index contributed by atoms with van der Waals surface area (Å²) in [5.41, 5.74) is 5.80. The van der Waals surface area contributed by atoms with Crippen LogP contribution in [0.4, 0.5) is 0 Å². The summed E-state index contributed by atoms with van der Waals surface area (Å²) < 4.78 is 0. The molecule has 1 heterocycles. The number of rotatable bonds is 5. The largest absolute Gasteiger partial charge is 0.297 e. The topological polar surface area (TPSA) is 41.3 Å². The van der Waals surface area contributed by atoms with Crippen LogP contribution >= 0.6 is 0 Å². The summed E-state index contributed by atoms with van der Waals surface area (Å²) in [5.74, 6) is 5.87. The number of benzene rings is 1. The predicted molar refractivity (Wildman–Crippen MR) is 85.5 cm³/mol. The Balaban J connectivity index is 2.07. The molecule has 1 fully saturated rings. The maximum Gasteiger partial charge on any atom is 0.0429 e. The smallest absolute Gasteiger partial charge is 0.0429 e. The highest BCUT2D eigenvalue weighted by atomic mass is 15.3. The van der Waals surface area contributed by atoms with Crippen molar-refractivity contribution in [3.05, 3.63) is 35.4 Å². The van der Waals surface area contributed by atoms with Crippen LogP contribution in [-0.2, 0) is 6.42 Å². The normalized spacial score (nSPS) is 19.0. The molecule has 1 aromatic carbocycles. The average Bonchev–Trinajstić information content (AvgIpc) is 2.47. The van der Waals surface area contributed by atoms with E-state index in [1.54, 1.807) is 0 Å². The summed E-state index contributed by atoms with van der Waals surface area (Å²) in [6.07, 6.45) is 4.96. The number of nitrogens with one attached hydrogen (secondary N) is 1. The van der Waals surface area contributed by atoms with Crippen LogP contribution in [0.25, 0.3) is 0 Å². The van der Waals surface area contributed by atoms with Crippen LogP contribution in [0.15, 0.2) is 24.3 Å². The van der Waals surface area contributed by atoms with E-state index >= 15 is 0 Å². The van der Waals surface area contributed by atoms with Crippen LogP contribution in [0.1, 0.15) is 44.2 Å². The minimum Gasteiger partial charge on any atom is -0.297 e. The van der Waals surface area contributed by atoms with Crippen molar-refractivity contribution >= 4 is 0 Å². The van der Waals surface area contributed by atoms with Crippen LogP contribution in [-0.4, -0.2) is 29.6 Å². The molecule has 1 aliphatic rings. The average molecular weight is 275 g/mol. The quantitative estimate of drug-likeness (QED) is 0.641. The Bertz CT molecular complexity index is 405. The molecule has 0 amide bonds. The third kappa shape index (κ3) is 3.60. The van der Waals surface area contributed by atoms with E-state index in [1.165, 1.54) is 43.5 Å². The van der Waals surface area contributed by atoms with Crippen LogP contribution in [0.3, 0.4) is 0 Å². The summed E-state index contributed by atoms with van der Waals surface area (Å²) in [6, 6.07) is 9.05. The lowest BCUT2D eigenvalue weighted by atomic mass is 9.86. The van der Waals surface area contributed by atoms with E-state index < -0.39 is 0 Å². The van der Waals surface area contributed by atoms with Gasteiger partial charge in [-0.1, -0.05) is 36.2 Å². The van der Waals surface area contributed by atoms with E-state index in [0.717, 1.165) is 6.42 Å². The van der Waals surface area contributed by atoms with Crippen molar-refractivity contribution in [2.75, 3.05) is 13.1 Å². The lowest BCUT2D eigenvalue weighted by Gasteiger charge is -2.45. The van der Waals surface area contributed by atoms with Crippen LogP contribution in [0.5, 0.6) is 0 Å². The van der Waals surface area contributed by atoms with Crippen molar-refractivity contribution in [1.29, 1.82) is 0 Å². The van der Waals surface area contributed by atoms with E-state index in [4.69, 9.17) is 5.84 Å². The van der Waals surface area contributed by atoms with Gasteiger partial charge in [-0.3, -0.25) is 16.2 Å². The number of aryl methyl sites for hydroxylation is 1. The number of nitrogens with two attached hydrogens (primary N) is 1. The standard InChI is InChI=1S/C17H29N3/c1-14-7-9-15(10-8-14)13-16(19-18)17(2,3)20-11-5-4-6-12-20/h7-10,16,19H,4-6,11-13,18H2,1-3H3. The molecule has 0 bridgehead atoms. The summed E-state index contributed by atoms with van der Waals surface area (Å²) in [5, 5.41) is 0. The van der Waals surface area contributed by atoms with Gasteiger partial charge in [-0.25, -0.2) is 0 Å². The Hall–Kier alpha value is -0.900. The second-order valence-electron chi connectivity index (χ2n) is 6.61. The molecule has 1 aromatic rings. The van der Waals surface area contributed by atoms with Crippen LogP contribution in [0, 0.1) is 6.92 Å². The van der Waals surface area contributed by atoms with Gasteiger partial charge in [-0.2, -0.15) is 0 Å². The third-order valence-electron chi connectivity index (χ3n) is 4.79. The highest BCUT2D eigenvalue weighted by Gasteiger charge is 2.35. The fourth-order valence-electron chi connectivity index (χ4n) is 3.16. The molecule has 0 saturated carbocycles. The fraction of sp³-hybridized carbons (Fsp3) is 0.647. The summed E-state index contributed by atoms with van der Waals surface area (Å²) in [6.45, 7) is 9.15. The zero-order valence-electron chi connectivity index (χ0n) is 13.2. The first-order chi connectivity index (χ1) is 9.54. The van der Waals surface area contributed by atoms with Gasteiger partial charge in [-0.15, -0.1) is 0 Å². The van der Waals surface area contributed by atoms with Gasteiger partial charge in [-0.05, 0) is 58.7 Å². The Morgan fingerprint density at radius 2 is 1.75 bits per heavy atom. The van der Waals surface area contributed by atoms with Gasteiger partial charge < -0.3 is 0 Å². The highest BCUT2D eigenvalue weighted by Crippen LogP contribution is 2.25. The Labute approximate surface area is 123 Å². The van der Waals surface area contributed by atoms with Crippen molar-refractivity contribution in [2.45, 2.75) is 58.0 Å². The first-order valence-corrected chi connectivity index (χ1v) is 7.81. The number of likely N-dealkylation sites (tertiary alicyclic amines) is 1. The van der Waals surface area contributed by atoms with Crippen molar-refractivity contribution < 1.29 is 0 Å². The van der Waals surface area contributed by atoms with Crippen molar-refractivity contribution in [3.63, 3.8) is 0 Å². The summed E-state index contributed by atoms with van der Waals surface area (Å²) in [7, 11) is 0. The van der Waals surface area contributed by atoms with Gasteiger partial charge >= 0.3 is 0 Å². The Morgan fingerprint density at radius 1 is 1.15 bits per heavy atom. The zero-order chi connectivity index (χ0) is 14.6. The number of nitrogens with zero attached hydrogens (tertiary/aromatic N) is 1. The highest BCUT2D eigenvalue weighted by molar-refractivity contribution is 5.22. The Morgan fingerprint density at radius 3 is 2.30 bits per heavy atom. The fourth-order valence-corrected chi connectivity index (χ4v) is 3.16. The Kier molecular flexibility index (Phi) is 5.19. The molecule has 1 atom stereocenters. The molecule has 0 radical (unpaired) electrons. The van der Waals surface area contributed by atoms with E-state index in [2.05, 4.69) is 55.4 Å². The maximum absolute atomic E-state index is 5.87. The van der Waals surface area contributed by atoms with Crippen molar-refractivity contribution in [2.24, 2.45) is 5.84 Å². The summed E-state index contributed by atoms with van der Waals surface area (Å²) >= 11 is 0.